The fourth-order valence-corrected chi connectivity index (χ4v) is 2.92. The van der Waals surface area contributed by atoms with E-state index in [2.05, 4.69) is 0 Å². The molecule has 1 aliphatic rings. The second-order valence-corrected chi connectivity index (χ2v) is 4.79. The summed E-state index contributed by atoms with van der Waals surface area (Å²) in [5.41, 5.74) is 0. The van der Waals surface area contributed by atoms with E-state index < -0.39 is 0 Å². The SMILES string of the molecule is C1COSSOSSOCCO1. The van der Waals surface area contributed by atoms with E-state index in [-0.39, 0.29) is 0 Å². The van der Waals surface area contributed by atoms with Gasteiger partial charge >= 0.3 is 0 Å². The van der Waals surface area contributed by atoms with Gasteiger partial charge in [0.2, 0.25) is 0 Å². The summed E-state index contributed by atoms with van der Waals surface area (Å²) in [4.78, 5) is 0. The average Bonchev–Trinajstić information content (AvgIpc) is 2.05. The van der Waals surface area contributed by atoms with Gasteiger partial charge < -0.3 is 13.1 Å². The van der Waals surface area contributed by atoms with E-state index in [9.17, 15) is 0 Å². The minimum absolute atomic E-state index is 0.568. The Morgan fingerprint density at radius 3 is 1.83 bits per heavy atom. The molecule has 0 bridgehead atoms. The fourth-order valence-electron chi connectivity index (χ4n) is 0.429. The summed E-state index contributed by atoms with van der Waals surface area (Å²) in [6, 6.07) is 0. The van der Waals surface area contributed by atoms with E-state index in [0.29, 0.717) is 26.4 Å². The zero-order valence-electron chi connectivity index (χ0n) is 6.09. The first-order valence-corrected chi connectivity index (χ1v) is 7.15. The van der Waals surface area contributed by atoms with Crippen molar-refractivity contribution in [3.8, 4) is 0 Å². The van der Waals surface area contributed by atoms with Crippen molar-refractivity contribution in [1.29, 1.82) is 0 Å². The molecule has 0 amide bonds. The standard InChI is InChI=1S/C4H8O4S4/c1-3-6-9-11-8-12-10-7-4-2-5-1/h1-4H2. The van der Waals surface area contributed by atoms with Gasteiger partial charge in [0.15, 0.2) is 0 Å². The van der Waals surface area contributed by atoms with E-state index in [1.807, 2.05) is 0 Å². The number of ether oxygens (including phenoxy) is 1. The summed E-state index contributed by atoms with van der Waals surface area (Å²) in [7, 11) is 0. The molecule has 0 N–H and O–H groups in total. The highest BCUT2D eigenvalue weighted by Crippen LogP contribution is 2.34. The predicted octanol–water partition coefficient (Wildman–Crippen LogP) is 2.49. The highest BCUT2D eigenvalue weighted by atomic mass is 33.2. The lowest BCUT2D eigenvalue weighted by Crippen LogP contribution is -2.05. The van der Waals surface area contributed by atoms with Gasteiger partial charge in [-0.05, 0) is 0 Å². The molecule has 0 aromatic rings. The van der Waals surface area contributed by atoms with Gasteiger partial charge in [-0.3, -0.25) is 0 Å². The fraction of sp³-hybridized carbons (Fsp3) is 1.00. The highest BCUT2D eigenvalue weighted by Gasteiger charge is 1.98. The van der Waals surface area contributed by atoms with Gasteiger partial charge in [-0.1, -0.05) is 0 Å². The maximum atomic E-state index is 5.17. The summed E-state index contributed by atoms with van der Waals surface area (Å²) >= 11 is 4.72. The maximum Gasteiger partial charge on any atom is 0.109 e. The Morgan fingerprint density at radius 1 is 0.667 bits per heavy atom. The van der Waals surface area contributed by atoms with Gasteiger partial charge in [0.05, 0.1) is 48.6 Å². The van der Waals surface area contributed by atoms with Crippen molar-refractivity contribution >= 4 is 44.3 Å². The zero-order chi connectivity index (χ0) is 8.49. The molecule has 12 heavy (non-hydrogen) atoms. The number of rotatable bonds is 0. The molecule has 1 aliphatic heterocycles. The third-order valence-electron chi connectivity index (χ3n) is 0.829. The molecule has 1 fully saturated rings. The summed E-state index contributed by atoms with van der Waals surface area (Å²) in [6.07, 6.45) is 0. The topological polar surface area (TPSA) is 36.9 Å². The van der Waals surface area contributed by atoms with Crippen molar-refractivity contribution in [3.05, 3.63) is 0 Å². The van der Waals surface area contributed by atoms with Crippen LogP contribution in [0.25, 0.3) is 0 Å². The van der Waals surface area contributed by atoms with E-state index in [1.54, 1.807) is 0 Å². The first-order valence-electron chi connectivity index (χ1n) is 3.15. The Morgan fingerprint density at radius 2 is 1.25 bits per heavy atom. The Balaban J connectivity index is 2.00. The van der Waals surface area contributed by atoms with Crippen LogP contribution >= 0.6 is 44.3 Å². The van der Waals surface area contributed by atoms with Crippen molar-refractivity contribution in [3.63, 3.8) is 0 Å². The van der Waals surface area contributed by atoms with Crippen LogP contribution in [0.2, 0.25) is 0 Å². The Hall–Kier alpha value is 1.24. The first kappa shape index (κ1) is 11.3. The Labute approximate surface area is 87.4 Å². The molecule has 0 spiro atoms. The van der Waals surface area contributed by atoms with Gasteiger partial charge in [-0.25, -0.2) is 3.63 Å². The maximum absolute atomic E-state index is 5.17. The lowest BCUT2D eigenvalue weighted by atomic mass is 10.7. The van der Waals surface area contributed by atoms with E-state index >= 15 is 0 Å². The molecule has 0 aromatic heterocycles. The third-order valence-corrected chi connectivity index (χ3v) is 3.82. The van der Waals surface area contributed by atoms with E-state index in [1.165, 1.54) is 44.3 Å². The van der Waals surface area contributed by atoms with Crippen molar-refractivity contribution in [2.24, 2.45) is 0 Å². The molecule has 72 valence electrons. The average molecular weight is 248 g/mol. The van der Waals surface area contributed by atoms with E-state index in [4.69, 9.17) is 16.7 Å². The molecule has 8 heteroatoms. The van der Waals surface area contributed by atoms with Crippen LogP contribution in [0.1, 0.15) is 0 Å². The van der Waals surface area contributed by atoms with Gasteiger partial charge in [-0.15, -0.1) is 0 Å². The molecular weight excluding hydrogens is 240 g/mol. The van der Waals surface area contributed by atoms with Gasteiger partial charge in [0.1, 0.15) is 22.1 Å². The second kappa shape index (κ2) is 8.82. The first-order chi connectivity index (χ1) is 6.00. The monoisotopic (exact) mass is 248 g/mol. The molecule has 1 rings (SSSR count). The second-order valence-electron chi connectivity index (χ2n) is 1.60. The van der Waals surface area contributed by atoms with Crippen LogP contribution in [0, 0.1) is 0 Å². The molecule has 0 atom stereocenters. The van der Waals surface area contributed by atoms with Crippen LogP contribution in [0.5, 0.6) is 0 Å². The summed E-state index contributed by atoms with van der Waals surface area (Å²) < 4.78 is 20.3. The number of hydrogen-bond donors (Lipinski definition) is 0. The van der Waals surface area contributed by atoms with E-state index in [0.717, 1.165) is 0 Å². The van der Waals surface area contributed by atoms with Crippen LogP contribution in [0.4, 0.5) is 0 Å². The number of hydrogen-bond acceptors (Lipinski definition) is 8. The molecule has 0 aromatic carbocycles. The summed E-state index contributed by atoms with van der Waals surface area (Å²) in [5.74, 6) is 0. The Kier molecular flexibility index (Phi) is 8.32. The van der Waals surface area contributed by atoms with Crippen molar-refractivity contribution in [2.45, 2.75) is 0 Å². The molecular formula is C4H8O4S4. The van der Waals surface area contributed by atoms with Gasteiger partial charge in [-0.2, -0.15) is 0 Å². The molecule has 0 radical (unpaired) electrons. The molecule has 0 aliphatic carbocycles. The summed E-state index contributed by atoms with van der Waals surface area (Å²) in [6.45, 7) is 2.32. The lowest BCUT2D eigenvalue weighted by molar-refractivity contribution is 0.0870. The minimum atomic E-state index is 0.568. The quantitative estimate of drug-likeness (QED) is 0.478. The largest absolute Gasteiger partial charge is 0.377 e. The predicted molar refractivity (Wildman–Crippen MR) is 54.2 cm³/mol. The summed E-state index contributed by atoms with van der Waals surface area (Å²) in [5, 5.41) is 0. The minimum Gasteiger partial charge on any atom is -0.377 e. The Bertz CT molecular complexity index is 62.0. The lowest BCUT2D eigenvalue weighted by Gasteiger charge is -2.05. The van der Waals surface area contributed by atoms with Crippen LogP contribution in [-0.4, -0.2) is 26.4 Å². The van der Waals surface area contributed by atoms with Crippen molar-refractivity contribution in [2.75, 3.05) is 26.4 Å². The van der Waals surface area contributed by atoms with Gasteiger partial charge in [0.25, 0.3) is 0 Å². The highest BCUT2D eigenvalue weighted by molar-refractivity contribution is 8.79. The molecule has 0 saturated carbocycles. The molecule has 0 unspecified atom stereocenters. The zero-order valence-corrected chi connectivity index (χ0v) is 9.36. The molecule has 1 saturated heterocycles. The van der Waals surface area contributed by atoms with Crippen LogP contribution < -0.4 is 0 Å². The van der Waals surface area contributed by atoms with Crippen molar-refractivity contribution < 1.29 is 16.7 Å². The van der Waals surface area contributed by atoms with Crippen LogP contribution in [-0.2, 0) is 16.7 Å². The van der Waals surface area contributed by atoms with Crippen molar-refractivity contribution in [1.82, 2.24) is 0 Å². The molecule has 1 heterocycles. The third kappa shape index (κ3) is 6.72. The smallest absolute Gasteiger partial charge is 0.109 e. The normalized spacial score (nSPS) is 24.0. The molecule has 4 nitrogen and oxygen atoms in total. The van der Waals surface area contributed by atoms with Gasteiger partial charge in [0, 0.05) is 0 Å². The van der Waals surface area contributed by atoms with Crippen LogP contribution in [0.3, 0.4) is 0 Å². The van der Waals surface area contributed by atoms with Crippen LogP contribution in [0.15, 0.2) is 0 Å².